The van der Waals surface area contributed by atoms with Crippen molar-refractivity contribution in [3.8, 4) is 11.4 Å². The van der Waals surface area contributed by atoms with Crippen molar-refractivity contribution in [3.63, 3.8) is 0 Å². The molecule has 2 aliphatic rings. The van der Waals surface area contributed by atoms with Crippen molar-refractivity contribution >= 4 is 28.6 Å². The second-order valence-electron chi connectivity index (χ2n) is 9.25. The van der Waals surface area contributed by atoms with Crippen LogP contribution >= 0.6 is 11.6 Å². The molecule has 1 aromatic carbocycles. The van der Waals surface area contributed by atoms with Gasteiger partial charge in [0.2, 0.25) is 5.65 Å². The molecule has 1 aliphatic carbocycles. The molecular formula is C25H24ClFN6O. The molecule has 0 radical (unpaired) electrons. The van der Waals surface area contributed by atoms with Crippen LogP contribution in [0.15, 0.2) is 47.4 Å². The van der Waals surface area contributed by atoms with Crippen LogP contribution < -0.4 is 10.5 Å². The molecule has 0 unspecified atom stereocenters. The third-order valence-corrected chi connectivity index (χ3v) is 8.16. The number of benzene rings is 1. The zero-order chi connectivity index (χ0) is 23.6. The fraction of sp³-hybridized carbons (Fsp3) is 0.360. The number of fused-ring (bicyclic) bond motifs is 2. The van der Waals surface area contributed by atoms with Crippen LogP contribution in [0.2, 0.25) is 5.02 Å². The molecule has 1 aliphatic heterocycles. The lowest BCUT2D eigenvalue weighted by Gasteiger charge is -2.26. The minimum absolute atomic E-state index is 0.101. The Hall–Kier alpha value is -3.26. The first kappa shape index (κ1) is 21.3. The fourth-order valence-corrected chi connectivity index (χ4v) is 6.30. The molecule has 3 atom stereocenters. The molecule has 1 saturated heterocycles. The molecule has 34 heavy (non-hydrogen) atoms. The molecule has 9 heteroatoms. The Morgan fingerprint density at radius 3 is 2.85 bits per heavy atom. The summed E-state index contributed by atoms with van der Waals surface area (Å²) in [6.07, 6.45) is 3.67. The summed E-state index contributed by atoms with van der Waals surface area (Å²) < 4.78 is 16.2. The number of piperidine rings is 1. The minimum atomic E-state index is -0.284. The average molecular weight is 479 g/mol. The number of hydrogen-bond acceptors (Lipinski definition) is 5. The monoisotopic (exact) mass is 478 g/mol. The van der Waals surface area contributed by atoms with Crippen molar-refractivity contribution in [2.24, 2.45) is 18.9 Å². The van der Waals surface area contributed by atoms with Crippen LogP contribution in [0, 0.1) is 17.7 Å². The number of nitrogens with one attached hydrogen (secondary N) is 1. The molecule has 6 rings (SSSR count). The van der Waals surface area contributed by atoms with E-state index >= 15 is 0 Å². The van der Waals surface area contributed by atoms with Gasteiger partial charge in [0, 0.05) is 25.6 Å². The average Bonchev–Trinajstić information content (AvgIpc) is 3.32. The Labute approximate surface area is 200 Å². The number of halogens is 2. The van der Waals surface area contributed by atoms with Gasteiger partial charge in [0.15, 0.2) is 0 Å². The molecule has 1 saturated carbocycles. The van der Waals surface area contributed by atoms with Crippen LogP contribution in [0.25, 0.3) is 22.6 Å². The second-order valence-corrected chi connectivity index (χ2v) is 9.66. The number of aromatic amines is 1. The van der Waals surface area contributed by atoms with Crippen LogP contribution in [-0.2, 0) is 12.5 Å². The maximum atomic E-state index is 14.7. The van der Waals surface area contributed by atoms with E-state index in [1.54, 1.807) is 37.5 Å². The highest BCUT2D eigenvalue weighted by Gasteiger charge is 2.65. The first-order valence-electron chi connectivity index (χ1n) is 11.5. The molecule has 0 spiro atoms. The highest BCUT2D eigenvalue weighted by atomic mass is 35.5. The van der Waals surface area contributed by atoms with Gasteiger partial charge >= 0.3 is 0 Å². The first-order valence-corrected chi connectivity index (χ1v) is 11.9. The van der Waals surface area contributed by atoms with E-state index in [0.29, 0.717) is 34.4 Å². The van der Waals surface area contributed by atoms with E-state index in [1.807, 2.05) is 12.1 Å². The van der Waals surface area contributed by atoms with Gasteiger partial charge < -0.3 is 9.47 Å². The smallest absolute Gasteiger partial charge is 0.269 e. The van der Waals surface area contributed by atoms with Gasteiger partial charge in [0.25, 0.3) is 5.56 Å². The van der Waals surface area contributed by atoms with Gasteiger partial charge in [0.1, 0.15) is 27.9 Å². The molecule has 2 fully saturated rings. The molecule has 1 N–H and O–H groups in total. The van der Waals surface area contributed by atoms with E-state index in [0.717, 1.165) is 37.3 Å². The van der Waals surface area contributed by atoms with Crippen molar-refractivity contribution in [2.75, 3.05) is 18.0 Å². The van der Waals surface area contributed by atoms with Gasteiger partial charge in [-0.25, -0.2) is 14.4 Å². The maximum Gasteiger partial charge on any atom is 0.269 e. The predicted octanol–water partition coefficient (Wildman–Crippen LogP) is 4.32. The third-order valence-electron chi connectivity index (χ3n) is 7.88. The van der Waals surface area contributed by atoms with E-state index in [-0.39, 0.29) is 21.8 Å². The van der Waals surface area contributed by atoms with Crippen molar-refractivity contribution in [1.29, 1.82) is 0 Å². The fourth-order valence-electron chi connectivity index (χ4n) is 6.11. The topological polar surface area (TPSA) is 79.7 Å². The van der Waals surface area contributed by atoms with E-state index in [4.69, 9.17) is 16.6 Å². The Morgan fingerprint density at radius 2 is 2.06 bits per heavy atom. The van der Waals surface area contributed by atoms with Gasteiger partial charge in [-0.2, -0.15) is 5.10 Å². The highest BCUT2D eigenvalue weighted by Crippen LogP contribution is 2.65. The lowest BCUT2D eigenvalue weighted by atomic mass is 9.88. The largest absolute Gasteiger partial charge is 0.355 e. The minimum Gasteiger partial charge on any atom is -0.355 e. The molecule has 0 amide bonds. The number of rotatable bonds is 4. The summed E-state index contributed by atoms with van der Waals surface area (Å²) >= 11 is 5.95. The van der Waals surface area contributed by atoms with Crippen molar-refractivity contribution in [1.82, 2.24) is 24.7 Å². The molecule has 0 bridgehead atoms. The molecule has 4 aromatic rings. The summed E-state index contributed by atoms with van der Waals surface area (Å²) in [4.78, 5) is 23.9. The van der Waals surface area contributed by atoms with Crippen molar-refractivity contribution < 1.29 is 4.39 Å². The quantitative estimate of drug-likeness (QED) is 0.472. The van der Waals surface area contributed by atoms with Crippen LogP contribution in [0.5, 0.6) is 0 Å². The first-order chi connectivity index (χ1) is 16.5. The van der Waals surface area contributed by atoms with E-state index in [2.05, 4.69) is 27.0 Å². The Balaban J connectivity index is 1.30. The molecular weight excluding hydrogens is 455 g/mol. The van der Waals surface area contributed by atoms with Crippen molar-refractivity contribution in [2.45, 2.75) is 25.2 Å². The number of H-pyrrole nitrogens is 1. The Morgan fingerprint density at radius 1 is 1.24 bits per heavy atom. The maximum absolute atomic E-state index is 14.7. The normalized spacial score (nSPS) is 23.8. The van der Waals surface area contributed by atoms with Crippen molar-refractivity contribution in [3.05, 3.63) is 69.4 Å². The Bertz CT molecular complexity index is 1480. The van der Waals surface area contributed by atoms with Crippen LogP contribution in [0.1, 0.15) is 25.3 Å². The lowest BCUT2D eigenvalue weighted by Crippen LogP contribution is -2.32. The molecule has 174 valence electrons. The lowest BCUT2D eigenvalue weighted by molar-refractivity contribution is 0.516. The standard InChI is InChI=1S/C25H24ClFN6O/c1-3-25(15-6-4-5-7-18(15)27)14-10-11-33(13-16(14)25)20-12-28-22-21(30-31-23(22)29-20)19-9-8-17(26)24(34)32(19)2/h4-9,12,14,16H,3,10-11,13H2,1-2H3,(H,29,30,31)/t14-,16+,25-/m1/s1. The zero-order valence-corrected chi connectivity index (χ0v) is 19.7. The number of aromatic nitrogens is 5. The van der Waals surface area contributed by atoms with Crippen LogP contribution in [0.3, 0.4) is 0 Å². The van der Waals surface area contributed by atoms with Gasteiger partial charge in [-0.15, -0.1) is 0 Å². The summed E-state index contributed by atoms with van der Waals surface area (Å²) in [7, 11) is 1.66. The molecule has 3 aromatic heterocycles. The summed E-state index contributed by atoms with van der Waals surface area (Å²) in [5.74, 6) is 1.54. The second kappa shape index (κ2) is 7.63. The number of hydrogen-bond donors (Lipinski definition) is 1. The number of pyridine rings is 1. The van der Waals surface area contributed by atoms with Gasteiger partial charge in [0.05, 0.1) is 11.9 Å². The summed E-state index contributed by atoms with van der Waals surface area (Å²) in [6.45, 7) is 3.83. The number of anilines is 1. The third kappa shape index (κ3) is 2.94. The summed E-state index contributed by atoms with van der Waals surface area (Å²) in [6, 6.07) is 10.5. The van der Waals surface area contributed by atoms with Crippen LogP contribution in [0.4, 0.5) is 10.2 Å². The predicted molar refractivity (Wildman–Crippen MR) is 130 cm³/mol. The SMILES string of the molecule is CC[C@]1(c2ccccc2F)[C@@H]2CCN(c3cnc4c(-c5ccc(Cl)c(=O)n5C)[nH]nc4n3)C[C@@H]21. The van der Waals surface area contributed by atoms with Gasteiger partial charge in [-0.05, 0) is 48.4 Å². The van der Waals surface area contributed by atoms with E-state index in [9.17, 15) is 9.18 Å². The summed E-state index contributed by atoms with van der Waals surface area (Å²) in [5.41, 5.74) is 2.80. The Kier molecular flexibility index (Phi) is 4.78. The zero-order valence-electron chi connectivity index (χ0n) is 18.9. The molecule has 7 nitrogen and oxygen atoms in total. The van der Waals surface area contributed by atoms with Crippen LogP contribution in [-0.4, -0.2) is 37.8 Å². The highest BCUT2D eigenvalue weighted by molar-refractivity contribution is 6.30. The van der Waals surface area contributed by atoms with Gasteiger partial charge in [-0.1, -0.05) is 36.7 Å². The van der Waals surface area contributed by atoms with E-state index < -0.39 is 0 Å². The number of nitrogens with zero attached hydrogens (tertiary/aromatic N) is 5. The molecule has 4 heterocycles. The summed E-state index contributed by atoms with van der Waals surface area (Å²) in [5, 5.41) is 7.49. The van der Waals surface area contributed by atoms with Gasteiger partial charge in [-0.3, -0.25) is 9.89 Å². The van der Waals surface area contributed by atoms with E-state index in [1.165, 1.54) is 4.57 Å².